The molecule has 0 aliphatic carbocycles. The maximum atomic E-state index is 13.4. The number of aromatic nitrogens is 2. The summed E-state index contributed by atoms with van der Waals surface area (Å²) >= 11 is 0. The van der Waals surface area contributed by atoms with E-state index in [1.807, 2.05) is 45.0 Å². The Kier molecular flexibility index (Phi) is 6.21. The van der Waals surface area contributed by atoms with Crippen molar-refractivity contribution in [3.8, 4) is 0 Å². The van der Waals surface area contributed by atoms with Crippen LogP contribution in [0, 0.1) is 11.2 Å². The Morgan fingerprint density at radius 3 is 2.52 bits per heavy atom. The number of rotatable bonds is 5. The number of hydrogen-bond acceptors (Lipinski definition) is 4. The molecule has 1 fully saturated rings. The van der Waals surface area contributed by atoms with E-state index in [0.717, 1.165) is 11.1 Å². The van der Waals surface area contributed by atoms with Crippen molar-refractivity contribution < 1.29 is 19.1 Å². The summed E-state index contributed by atoms with van der Waals surface area (Å²) in [5.41, 5.74) is 1.32. The van der Waals surface area contributed by atoms with Gasteiger partial charge >= 0.3 is 0 Å². The standard InChI is InChI=1S/C25H29FN4O3/c1-25(2,3)22(24(33)29-13-12-18(31)15-29)27-23(32)21-19-6-4-5-7-20(19)30(28-21)14-16-8-10-17(26)11-9-16/h4-11,18,22,31H,12-15H2,1-3H3,(H,27,32). The molecule has 7 nitrogen and oxygen atoms in total. The van der Waals surface area contributed by atoms with Gasteiger partial charge in [-0.25, -0.2) is 4.39 Å². The highest BCUT2D eigenvalue weighted by Crippen LogP contribution is 2.25. The zero-order valence-corrected chi connectivity index (χ0v) is 19.1. The Hall–Kier alpha value is -3.26. The number of halogens is 1. The first-order valence-corrected chi connectivity index (χ1v) is 11.1. The topological polar surface area (TPSA) is 87.5 Å². The van der Waals surface area contributed by atoms with Crippen LogP contribution in [0.25, 0.3) is 10.9 Å². The normalized spacial score (nSPS) is 17.4. The van der Waals surface area contributed by atoms with Crippen molar-refractivity contribution in [1.29, 1.82) is 0 Å². The molecule has 0 radical (unpaired) electrons. The van der Waals surface area contributed by atoms with Crippen molar-refractivity contribution in [1.82, 2.24) is 20.0 Å². The van der Waals surface area contributed by atoms with Crippen LogP contribution in [-0.4, -0.2) is 56.8 Å². The first-order chi connectivity index (χ1) is 15.6. The number of nitrogens with one attached hydrogen (secondary N) is 1. The summed E-state index contributed by atoms with van der Waals surface area (Å²) in [6.45, 7) is 6.81. The summed E-state index contributed by atoms with van der Waals surface area (Å²) in [5, 5.41) is 18.0. The maximum Gasteiger partial charge on any atom is 0.273 e. The Balaban J connectivity index is 1.62. The van der Waals surface area contributed by atoms with Gasteiger partial charge in [-0.1, -0.05) is 51.1 Å². The minimum absolute atomic E-state index is 0.206. The van der Waals surface area contributed by atoms with Crippen molar-refractivity contribution in [2.24, 2.45) is 5.41 Å². The van der Waals surface area contributed by atoms with Crippen LogP contribution in [0.5, 0.6) is 0 Å². The lowest BCUT2D eigenvalue weighted by Gasteiger charge is -2.33. The van der Waals surface area contributed by atoms with Gasteiger partial charge in [0.05, 0.1) is 18.2 Å². The average molecular weight is 453 g/mol. The first kappa shape index (κ1) is 22.9. The van der Waals surface area contributed by atoms with Gasteiger partial charge in [0, 0.05) is 18.5 Å². The minimum atomic E-state index is -0.767. The van der Waals surface area contributed by atoms with E-state index < -0.39 is 23.5 Å². The summed E-state index contributed by atoms with van der Waals surface area (Å²) < 4.78 is 15.0. The fraction of sp³-hybridized carbons (Fsp3) is 0.400. The second-order valence-electron chi connectivity index (χ2n) is 9.65. The second kappa shape index (κ2) is 8.94. The number of hydrogen-bond donors (Lipinski definition) is 2. The van der Waals surface area contributed by atoms with Crippen LogP contribution < -0.4 is 5.32 Å². The number of β-amino-alcohol motifs (C(OH)–C–C–N with tert-alkyl or cyclic N) is 1. The third kappa shape index (κ3) is 4.90. The van der Waals surface area contributed by atoms with Crippen molar-refractivity contribution in [2.45, 2.75) is 45.9 Å². The lowest BCUT2D eigenvalue weighted by atomic mass is 9.85. The molecule has 0 spiro atoms. The zero-order valence-electron chi connectivity index (χ0n) is 19.1. The smallest absolute Gasteiger partial charge is 0.273 e. The Bertz CT molecular complexity index is 1170. The molecule has 1 aliphatic heterocycles. The van der Waals surface area contributed by atoms with Gasteiger partial charge < -0.3 is 15.3 Å². The number of aliphatic hydroxyl groups excluding tert-OH is 1. The molecule has 0 bridgehead atoms. The van der Waals surface area contributed by atoms with Crippen molar-refractivity contribution >= 4 is 22.7 Å². The molecule has 3 aromatic rings. The fourth-order valence-corrected chi connectivity index (χ4v) is 4.15. The number of aliphatic hydroxyl groups is 1. The monoisotopic (exact) mass is 452 g/mol. The van der Waals surface area contributed by atoms with E-state index >= 15 is 0 Å². The number of carbonyl (C=O) groups is 2. The highest BCUT2D eigenvalue weighted by Gasteiger charge is 2.38. The second-order valence-corrected chi connectivity index (χ2v) is 9.65. The van der Waals surface area contributed by atoms with Crippen LogP contribution in [0.1, 0.15) is 43.2 Å². The van der Waals surface area contributed by atoms with Crippen LogP contribution in [0.2, 0.25) is 0 Å². The first-order valence-electron chi connectivity index (χ1n) is 11.1. The predicted molar refractivity (Wildman–Crippen MR) is 123 cm³/mol. The number of carbonyl (C=O) groups excluding carboxylic acids is 2. The lowest BCUT2D eigenvalue weighted by molar-refractivity contribution is -0.135. The quantitative estimate of drug-likeness (QED) is 0.623. The molecule has 2 atom stereocenters. The van der Waals surface area contributed by atoms with Gasteiger partial charge in [0.1, 0.15) is 11.9 Å². The number of likely N-dealkylation sites (tertiary alicyclic amines) is 1. The SMILES string of the molecule is CC(C)(C)C(NC(=O)c1nn(Cc2ccc(F)cc2)c2ccccc12)C(=O)N1CCC(O)C1. The largest absolute Gasteiger partial charge is 0.391 e. The van der Waals surface area contributed by atoms with E-state index in [9.17, 15) is 19.1 Å². The summed E-state index contributed by atoms with van der Waals surface area (Å²) in [7, 11) is 0. The van der Waals surface area contributed by atoms with E-state index in [-0.39, 0.29) is 24.0 Å². The van der Waals surface area contributed by atoms with Crippen molar-refractivity contribution in [3.63, 3.8) is 0 Å². The predicted octanol–water partition coefficient (Wildman–Crippen LogP) is 2.96. The maximum absolute atomic E-state index is 13.4. The number of fused-ring (bicyclic) bond motifs is 1. The molecule has 2 unspecified atom stereocenters. The highest BCUT2D eigenvalue weighted by molar-refractivity contribution is 6.06. The molecule has 174 valence electrons. The van der Waals surface area contributed by atoms with Gasteiger partial charge in [0.2, 0.25) is 5.91 Å². The van der Waals surface area contributed by atoms with Crippen LogP contribution >= 0.6 is 0 Å². The summed E-state index contributed by atoms with van der Waals surface area (Å²) in [5.74, 6) is -0.952. The van der Waals surface area contributed by atoms with E-state index in [0.29, 0.717) is 24.9 Å². The molecule has 2 aromatic carbocycles. The molecule has 1 aromatic heterocycles. The molecule has 2 N–H and O–H groups in total. The van der Waals surface area contributed by atoms with Crippen molar-refractivity contribution in [3.05, 3.63) is 65.6 Å². The van der Waals surface area contributed by atoms with Gasteiger partial charge in [-0.15, -0.1) is 0 Å². The highest BCUT2D eigenvalue weighted by atomic mass is 19.1. The van der Waals surface area contributed by atoms with Crippen LogP contribution in [0.15, 0.2) is 48.5 Å². The number of amides is 2. The number of nitrogens with zero attached hydrogens (tertiary/aromatic N) is 3. The Labute approximate surface area is 192 Å². The van der Waals surface area contributed by atoms with Gasteiger partial charge in [-0.2, -0.15) is 5.10 Å². The van der Waals surface area contributed by atoms with Gasteiger partial charge in [-0.3, -0.25) is 14.3 Å². The van der Waals surface area contributed by atoms with Crippen LogP contribution in [-0.2, 0) is 11.3 Å². The molecule has 8 heteroatoms. The lowest BCUT2D eigenvalue weighted by Crippen LogP contribution is -2.54. The van der Waals surface area contributed by atoms with Crippen LogP contribution in [0.3, 0.4) is 0 Å². The molecule has 0 saturated carbocycles. The zero-order chi connectivity index (χ0) is 23.8. The Morgan fingerprint density at radius 2 is 1.88 bits per heavy atom. The summed E-state index contributed by atoms with van der Waals surface area (Å²) in [6.07, 6.45) is 0.00555. The van der Waals surface area contributed by atoms with Gasteiger partial charge in [0.25, 0.3) is 5.91 Å². The van der Waals surface area contributed by atoms with E-state index in [2.05, 4.69) is 10.4 Å². The Morgan fingerprint density at radius 1 is 1.18 bits per heavy atom. The fourth-order valence-electron chi connectivity index (χ4n) is 4.15. The molecular formula is C25H29FN4O3. The average Bonchev–Trinajstić information content (AvgIpc) is 3.36. The molecule has 4 rings (SSSR count). The van der Waals surface area contributed by atoms with Gasteiger partial charge in [-0.05, 0) is 35.6 Å². The van der Waals surface area contributed by atoms with E-state index in [1.165, 1.54) is 12.1 Å². The van der Waals surface area contributed by atoms with Crippen molar-refractivity contribution in [2.75, 3.05) is 13.1 Å². The third-order valence-corrected chi connectivity index (χ3v) is 5.98. The third-order valence-electron chi connectivity index (χ3n) is 5.98. The molecule has 1 saturated heterocycles. The minimum Gasteiger partial charge on any atom is -0.391 e. The molecular weight excluding hydrogens is 423 g/mol. The van der Waals surface area contributed by atoms with Crippen LogP contribution in [0.4, 0.5) is 4.39 Å². The molecule has 2 heterocycles. The molecule has 1 aliphatic rings. The van der Waals surface area contributed by atoms with E-state index in [1.54, 1.807) is 21.7 Å². The summed E-state index contributed by atoms with van der Waals surface area (Å²) in [6, 6.07) is 12.8. The van der Waals surface area contributed by atoms with E-state index in [4.69, 9.17) is 0 Å². The molecule has 2 amide bonds. The van der Waals surface area contributed by atoms with Gasteiger partial charge in [0.15, 0.2) is 5.69 Å². The number of benzene rings is 2. The number of para-hydroxylation sites is 1. The summed E-state index contributed by atoms with van der Waals surface area (Å²) in [4.78, 5) is 28.1. The molecule has 33 heavy (non-hydrogen) atoms.